The highest BCUT2D eigenvalue weighted by molar-refractivity contribution is 7.89. The third-order valence-corrected chi connectivity index (χ3v) is 4.73. The summed E-state index contributed by atoms with van der Waals surface area (Å²) in [4.78, 5) is 23.5. The van der Waals surface area contributed by atoms with Gasteiger partial charge in [0.15, 0.2) is 0 Å². The normalized spacial score (nSPS) is 14.0. The van der Waals surface area contributed by atoms with Crippen LogP contribution < -0.4 is 9.62 Å². The lowest BCUT2D eigenvalue weighted by Crippen LogP contribution is -2.28. The number of fused-ring (bicyclic) bond motifs is 1. The average molecular weight is 312 g/mol. The molecule has 21 heavy (non-hydrogen) atoms. The number of hydrogen-bond acceptors (Lipinski definition) is 4. The van der Waals surface area contributed by atoms with Gasteiger partial charge in [0.2, 0.25) is 15.9 Å². The minimum Gasteiger partial charge on any atom is -0.481 e. The van der Waals surface area contributed by atoms with Crippen LogP contribution in [0.1, 0.15) is 18.9 Å². The Morgan fingerprint density at radius 1 is 1.38 bits per heavy atom. The number of carboxylic acids is 1. The smallest absolute Gasteiger partial charge is 0.304 e. The first-order valence-corrected chi connectivity index (χ1v) is 7.92. The van der Waals surface area contributed by atoms with E-state index >= 15 is 0 Å². The third-order valence-electron chi connectivity index (χ3n) is 3.27. The zero-order chi connectivity index (χ0) is 15.6. The molecule has 2 N–H and O–H groups in total. The summed E-state index contributed by atoms with van der Waals surface area (Å²) in [5.74, 6) is -1.21. The predicted molar refractivity (Wildman–Crippen MR) is 75.6 cm³/mol. The number of carboxylic acid groups (broad SMARTS) is 1. The topological polar surface area (TPSA) is 104 Å². The van der Waals surface area contributed by atoms with Crippen molar-refractivity contribution >= 4 is 27.6 Å². The van der Waals surface area contributed by atoms with Crippen LogP contribution in [0.15, 0.2) is 23.1 Å². The highest BCUT2D eigenvalue weighted by Crippen LogP contribution is 2.30. The standard InChI is InChI=1S/C13H16N2O5S/c1-9(16)15-7-5-10-2-3-11(8-12(10)15)21(19,20)14-6-4-13(17)18/h2-3,8,14H,4-7H2,1H3,(H,17,18). The number of amides is 1. The monoisotopic (exact) mass is 312 g/mol. The molecule has 0 spiro atoms. The average Bonchev–Trinajstić information content (AvgIpc) is 2.80. The quantitative estimate of drug-likeness (QED) is 0.816. The van der Waals surface area contributed by atoms with Crippen LogP contribution in [-0.4, -0.2) is 38.5 Å². The molecular weight excluding hydrogens is 296 g/mol. The summed E-state index contributed by atoms with van der Waals surface area (Å²) in [5, 5.41) is 8.52. The van der Waals surface area contributed by atoms with Gasteiger partial charge in [-0.1, -0.05) is 6.07 Å². The van der Waals surface area contributed by atoms with Gasteiger partial charge in [-0.3, -0.25) is 9.59 Å². The fraction of sp³-hybridized carbons (Fsp3) is 0.385. The second-order valence-electron chi connectivity index (χ2n) is 4.75. The van der Waals surface area contributed by atoms with Crippen molar-refractivity contribution in [2.45, 2.75) is 24.7 Å². The Kier molecular flexibility index (Phi) is 4.29. The maximum absolute atomic E-state index is 12.1. The largest absolute Gasteiger partial charge is 0.481 e. The molecule has 0 saturated carbocycles. The van der Waals surface area contributed by atoms with Gasteiger partial charge in [0.05, 0.1) is 11.3 Å². The maximum atomic E-state index is 12.1. The number of carbonyl (C=O) groups excluding carboxylic acids is 1. The Morgan fingerprint density at radius 2 is 2.10 bits per heavy atom. The van der Waals surface area contributed by atoms with Gasteiger partial charge < -0.3 is 10.0 Å². The van der Waals surface area contributed by atoms with Crippen LogP contribution in [0.4, 0.5) is 5.69 Å². The summed E-state index contributed by atoms with van der Waals surface area (Å²) >= 11 is 0. The first-order valence-electron chi connectivity index (χ1n) is 6.44. The summed E-state index contributed by atoms with van der Waals surface area (Å²) < 4.78 is 26.4. The second-order valence-corrected chi connectivity index (χ2v) is 6.52. The Morgan fingerprint density at radius 3 is 2.71 bits per heavy atom. The van der Waals surface area contributed by atoms with Crippen LogP contribution in [0.2, 0.25) is 0 Å². The van der Waals surface area contributed by atoms with E-state index < -0.39 is 16.0 Å². The zero-order valence-corrected chi connectivity index (χ0v) is 12.3. The molecule has 1 aromatic rings. The minimum atomic E-state index is -3.78. The zero-order valence-electron chi connectivity index (χ0n) is 11.5. The molecule has 8 heteroatoms. The lowest BCUT2D eigenvalue weighted by Gasteiger charge is -2.15. The molecule has 1 aliphatic heterocycles. The van der Waals surface area contributed by atoms with Gasteiger partial charge in [-0.2, -0.15) is 0 Å². The number of benzene rings is 1. The molecular formula is C13H16N2O5S. The van der Waals surface area contributed by atoms with Gasteiger partial charge in [-0.15, -0.1) is 0 Å². The highest BCUT2D eigenvalue weighted by Gasteiger charge is 2.25. The molecule has 1 heterocycles. The van der Waals surface area contributed by atoms with Gasteiger partial charge >= 0.3 is 5.97 Å². The van der Waals surface area contributed by atoms with E-state index in [2.05, 4.69) is 4.72 Å². The molecule has 0 unspecified atom stereocenters. The minimum absolute atomic E-state index is 0.0276. The molecule has 0 radical (unpaired) electrons. The first kappa shape index (κ1) is 15.5. The van der Waals surface area contributed by atoms with Crippen LogP contribution in [-0.2, 0) is 26.0 Å². The number of nitrogens with zero attached hydrogens (tertiary/aromatic N) is 1. The molecule has 0 aliphatic carbocycles. The number of nitrogens with one attached hydrogen (secondary N) is 1. The van der Waals surface area contributed by atoms with E-state index in [4.69, 9.17) is 5.11 Å². The predicted octanol–water partition coefficient (Wildman–Crippen LogP) is 0.349. The summed E-state index contributed by atoms with van der Waals surface area (Å²) in [5.41, 5.74) is 1.53. The van der Waals surface area contributed by atoms with Gasteiger partial charge in [0, 0.05) is 25.7 Å². The van der Waals surface area contributed by atoms with Crippen molar-refractivity contribution in [2.75, 3.05) is 18.0 Å². The van der Waals surface area contributed by atoms with E-state index in [-0.39, 0.29) is 23.8 Å². The molecule has 0 atom stereocenters. The van der Waals surface area contributed by atoms with Gasteiger partial charge in [-0.05, 0) is 24.1 Å². The second kappa shape index (κ2) is 5.82. The van der Waals surface area contributed by atoms with Crippen molar-refractivity contribution in [2.24, 2.45) is 0 Å². The highest BCUT2D eigenvalue weighted by atomic mass is 32.2. The van der Waals surface area contributed by atoms with Gasteiger partial charge in [-0.25, -0.2) is 13.1 Å². The summed E-state index contributed by atoms with van der Waals surface area (Å²) in [6.07, 6.45) is 0.408. The van der Waals surface area contributed by atoms with E-state index in [1.54, 1.807) is 6.07 Å². The van der Waals surface area contributed by atoms with Crippen LogP contribution >= 0.6 is 0 Å². The molecule has 0 bridgehead atoms. The van der Waals surface area contributed by atoms with Crippen molar-refractivity contribution < 1.29 is 23.1 Å². The fourth-order valence-corrected chi connectivity index (χ4v) is 3.28. The number of rotatable bonds is 5. The Balaban J connectivity index is 2.23. The van der Waals surface area contributed by atoms with Crippen molar-refractivity contribution in [1.29, 1.82) is 0 Å². The molecule has 1 aliphatic rings. The van der Waals surface area contributed by atoms with Crippen molar-refractivity contribution in [3.05, 3.63) is 23.8 Å². The van der Waals surface area contributed by atoms with Crippen LogP contribution in [0.5, 0.6) is 0 Å². The Hall–Kier alpha value is -1.93. The number of carbonyl (C=O) groups is 2. The van der Waals surface area contributed by atoms with E-state index in [9.17, 15) is 18.0 Å². The Bertz CT molecular complexity index is 684. The Labute approximate surface area is 122 Å². The van der Waals surface area contributed by atoms with E-state index in [0.29, 0.717) is 18.7 Å². The molecule has 1 aromatic carbocycles. The molecule has 2 rings (SSSR count). The van der Waals surface area contributed by atoms with Crippen molar-refractivity contribution in [1.82, 2.24) is 4.72 Å². The summed E-state index contributed by atoms with van der Waals surface area (Å²) in [7, 11) is -3.78. The van der Waals surface area contributed by atoms with Crippen LogP contribution in [0.25, 0.3) is 0 Å². The van der Waals surface area contributed by atoms with Crippen molar-refractivity contribution in [3.8, 4) is 0 Å². The van der Waals surface area contributed by atoms with E-state index in [0.717, 1.165) is 5.56 Å². The maximum Gasteiger partial charge on any atom is 0.304 e. The van der Waals surface area contributed by atoms with E-state index in [1.165, 1.54) is 24.0 Å². The molecule has 0 fully saturated rings. The van der Waals surface area contributed by atoms with Gasteiger partial charge in [0.1, 0.15) is 0 Å². The van der Waals surface area contributed by atoms with Crippen LogP contribution in [0, 0.1) is 0 Å². The fourth-order valence-electron chi connectivity index (χ4n) is 2.23. The first-order chi connectivity index (χ1) is 9.81. The van der Waals surface area contributed by atoms with Crippen LogP contribution in [0.3, 0.4) is 0 Å². The number of anilines is 1. The lowest BCUT2D eigenvalue weighted by molar-refractivity contribution is -0.136. The SMILES string of the molecule is CC(=O)N1CCc2ccc(S(=O)(=O)NCCC(=O)O)cc21. The summed E-state index contributed by atoms with van der Waals surface area (Å²) in [6, 6.07) is 4.60. The molecule has 1 amide bonds. The third kappa shape index (κ3) is 3.40. The van der Waals surface area contributed by atoms with E-state index in [1.807, 2.05) is 0 Å². The number of hydrogen-bond donors (Lipinski definition) is 2. The molecule has 0 aromatic heterocycles. The number of sulfonamides is 1. The van der Waals surface area contributed by atoms with Gasteiger partial charge in [0.25, 0.3) is 0 Å². The lowest BCUT2D eigenvalue weighted by atomic mass is 10.2. The summed E-state index contributed by atoms with van der Waals surface area (Å²) in [6.45, 7) is 1.80. The van der Waals surface area contributed by atoms with Crippen molar-refractivity contribution in [3.63, 3.8) is 0 Å². The molecule has 7 nitrogen and oxygen atoms in total. The molecule has 114 valence electrons. The number of aliphatic carboxylic acids is 1. The molecule has 0 saturated heterocycles.